The van der Waals surface area contributed by atoms with Crippen molar-refractivity contribution in [3.05, 3.63) is 29.8 Å². The van der Waals surface area contributed by atoms with Crippen LogP contribution < -0.4 is 10.2 Å². The highest BCUT2D eigenvalue weighted by atomic mass is 15.2. The van der Waals surface area contributed by atoms with Gasteiger partial charge >= 0.3 is 0 Å². The molecule has 1 fully saturated rings. The molecular formula is C14H23N3. The minimum Gasteiger partial charge on any atom is -0.378 e. The molecule has 0 bridgehead atoms. The van der Waals surface area contributed by atoms with E-state index in [0.717, 1.165) is 13.1 Å². The van der Waals surface area contributed by atoms with E-state index >= 15 is 0 Å². The lowest BCUT2D eigenvalue weighted by Crippen LogP contribution is -2.29. The summed E-state index contributed by atoms with van der Waals surface area (Å²) in [6.07, 6.45) is 1.24. The third-order valence-corrected chi connectivity index (χ3v) is 3.53. The monoisotopic (exact) mass is 233 g/mol. The second kappa shape index (κ2) is 5.52. The molecule has 1 saturated heterocycles. The first-order valence-electron chi connectivity index (χ1n) is 6.37. The van der Waals surface area contributed by atoms with Crippen LogP contribution in [0.5, 0.6) is 0 Å². The molecule has 94 valence electrons. The fourth-order valence-corrected chi connectivity index (χ4v) is 2.37. The number of nitrogens with one attached hydrogen (secondary N) is 1. The van der Waals surface area contributed by atoms with Crippen molar-refractivity contribution in [1.29, 1.82) is 0 Å². The Morgan fingerprint density at radius 2 is 1.94 bits per heavy atom. The Balaban J connectivity index is 2.14. The van der Waals surface area contributed by atoms with Gasteiger partial charge < -0.3 is 10.2 Å². The van der Waals surface area contributed by atoms with Gasteiger partial charge in [-0.05, 0) is 44.3 Å². The van der Waals surface area contributed by atoms with Crippen LogP contribution in [0, 0.1) is 0 Å². The Hall–Kier alpha value is -1.06. The first-order chi connectivity index (χ1) is 8.18. The van der Waals surface area contributed by atoms with Crippen molar-refractivity contribution in [3.8, 4) is 0 Å². The van der Waals surface area contributed by atoms with Crippen molar-refractivity contribution in [2.45, 2.75) is 12.5 Å². The van der Waals surface area contributed by atoms with Crippen LogP contribution in [0.25, 0.3) is 0 Å². The maximum atomic E-state index is 3.51. The van der Waals surface area contributed by atoms with Crippen LogP contribution in [0.15, 0.2) is 24.3 Å². The zero-order valence-electron chi connectivity index (χ0n) is 11.1. The molecule has 0 radical (unpaired) electrons. The van der Waals surface area contributed by atoms with E-state index in [1.54, 1.807) is 0 Å². The van der Waals surface area contributed by atoms with Crippen molar-refractivity contribution in [1.82, 2.24) is 10.2 Å². The Morgan fingerprint density at radius 3 is 2.59 bits per heavy atom. The lowest BCUT2D eigenvalue weighted by molar-refractivity contribution is 0.261. The summed E-state index contributed by atoms with van der Waals surface area (Å²) in [5.74, 6) is 0. The Bertz CT molecular complexity index is 345. The Labute approximate surface area is 104 Å². The van der Waals surface area contributed by atoms with E-state index in [1.165, 1.54) is 24.2 Å². The van der Waals surface area contributed by atoms with Gasteiger partial charge in [0.25, 0.3) is 0 Å². The van der Waals surface area contributed by atoms with Crippen molar-refractivity contribution in [2.24, 2.45) is 0 Å². The van der Waals surface area contributed by atoms with Crippen LogP contribution in [-0.2, 0) is 0 Å². The average molecular weight is 233 g/mol. The third kappa shape index (κ3) is 2.99. The molecule has 0 aliphatic carbocycles. The molecule has 17 heavy (non-hydrogen) atoms. The summed E-state index contributed by atoms with van der Waals surface area (Å²) >= 11 is 0. The van der Waals surface area contributed by atoms with Crippen molar-refractivity contribution in [2.75, 3.05) is 45.7 Å². The van der Waals surface area contributed by atoms with Gasteiger partial charge in [-0.3, -0.25) is 4.90 Å². The van der Waals surface area contributed by atoms with Crippen molar-refractivity contribution >= 4 is 5.69 Å². The molecule has 1 aliphatic rings. The lowest BCUT2D eigenvalue weighted by Gasteiger charge is -2.26. The molecule has 0 spiro atoms. The molecule has 0 amide bonds. The predicted molar refractivity (Wildman–Crippen MR) is 73.6 cm³/mol. The molecule has 2 rings (SSSR count). The summed E-state index contributed by atoms with van der Waals surface area (Å²) in [6.45, 7) is 3.36. The van der Waals surface area contributed by atoms with E-state index in [-0.39, 0.29) is 0 Å². The highest BCUT2D eigenvalue weighted by molar-refractivity contribution is 5.46. The number of anilines is 1. The predicted octanol–water partition coefficient (Wildman–Crippen LogP) is 1.72. The van der Waals surface area contributed by atoms with Gasteiger partial charge in [-0.25, -0.2) is 0 Å². The van der Waals surface area contributed by atoms with Crippen molar-refractivity contribution < 1.29 is 0 Å². The quantitative estimate of drug-likeness (QED) is 0.839. The zero-order valence-corrected chi connectivity index (χ0v) is 11.1. The second-order valence-corrected chi connectivity index (χ2v) is 5.04. The number of rotatable bonds is 2. The molecule has 0 aromatic heterocycles. The fraction of sp³-hybridized carbons (Fsp3) is 0.571. The number of hydrogen-bond acceptors (Lipinski definition) is 3. The number of likely N-dealkylation sites (N-methyl/N-ethyl adjacent to an activating group) is 1. The maximum Gasteiger partial charge on any atom is 0.0469 e. The van der Waals surface area contributed by atoms with Crippen LogP contribution in [0.3, 0.4) is 0 Å². The van der Waals surface area contributed by atoms with Gasteiger partial charge in [-0.1, -0.05) is 12.1 Å². The smallest absolute Gasteiger partial charge is 0.0469 e. The van der Waals surface area contributed by atoms with Crippen LogP contribution in [0.1, 0.15) is 18.0 Å². The first kappa shape index (κ1) is 12.4. The minimum atomic E-state index is 0.508. The molecular weight excluding hydrogens is 210 g/mol. The zero-order chi connectivity index (χ0) is 12.3. The summed E-state index contributed by atoms with van der Waals surface area (Å²) in [5, 5.41) is 3.51. The minimum absolute atomic E-state index is 0.508. The van der Waals surface area contributed by atoms with E-state index in [1.807, 2.05) is 0 Å². The van der Waals surface area contributed by atoms with Crippen LogP contribution in [0.2, 0.25) is 0 Å². The molecule has 1 heterocycles. The summed E-state index contributed by atoms with van der Waals surface area (Å²) in [5.41, 5.74) is 2.67. The molecule has 3 heteroatoms. The van der Waals surface area contributed by atoms with Crippen molar-refractivity contribution in [3.63, 3.8) is 0 Å². The Morgan fingerprint density at radius 1 is 1.24 bits per heavy atom. The molecule has 1 aromatic rings. The number of hydrogen-bond donors (Lipinski definition) is 1. The Kier molecular flexibility index (Phi) is 4.02. The van der Waals surface area contributed by atoms with E-state index in [0.29, 0.717) is 6.04 Å². The SMILES string of the molecule is CN(C)c1ccc(C2CNCCCN2C)cc1. The summed E-state index contributed by atoms with van der Waals surface area (Å²) in [7, 11) is 6.38. The molecule has 1 aromatic carbocycles. The summed E-state index contributed by atoms with van der Waals surface area (Å²) in [6, 6.07) is 9.42. The van der Waals surface area contributed by atoms with Gasteiger partial charge in [-0.15, -0.1) is 0 Å². The highest BCUT2D eigenvalue weighted by Crippen LogP contribution is 2.22. The highest BCUT2D eigenvalue weighted by Gasteiger charge is 2.18. The van der Waals surface area contributed by atoms with E-state index < -0.39 is 0 Å². The standard InChI is InChI=1S/C14H23N3/c1-16(2)13-7-5-12(6-8-13)14-11-15-9-4-10-17(14)3/h5-8,14-15H,4,9-11H2,1-3H3. The average Bonchev–Trinajstić information content (AvgIpc) is 2.54. The first-order valence-corrected chi connectivity index (χ1v) is 6.37. The molecule has 1 aliphatic heterocycles. The molecule has 1 unspecified atom stereocenters. The summed E-state index contributed by atoms with van der Waals surface area (Å²) < 4.78 is 0. The second-order valence-electron chi connectivity index (χ2n) is 5.04. The van der Waals surface area contributed by atoms with Gasteiger partial charge in [0.15, 0.2) is 0 Å². The van der Waals surface area contributed by atoms with Gasteiger partial charge in [0.2, 0.25) is 0 Å². The number of benzene rings is 1. The van der Waals surface area contributed by atoms with E-state index in [2.05, 4.69) is 60.5 Å². The largest absolute Gasteiger partial charge is 0.378 e. The van der Waals surface area contributed by atoms with Gasteiger partial charge in [0.05, 0.1) is 0 Å². The summed E-state index contributed by atoms with van der Waals surface area (Å²) in [4.78, 5) is 4.59. The topological polar surface area (TPSA) is 18.5 Å². The number of nitrogens with zero attached hydrogens (tertiary/aromatic N) is 2. The normalized spacial score (nSPS) is 22.2. The third-order valence-electron chi connectivity index (χ3n) is 3.53. The molecule has 0 saturated carbocycles. The van der Waals surface area contributed by atoms with Gasteiger partial charge in [0, 0.05) is 32.4 Å². The lowest BCUT2D eigenvalue weighted by atomic mass is 10.1. The fourth-order valence-electron chi connectivity index (χ4n) is 2.37. The molecule has 1 N–H and O–H groups in total. The van der Waals surface area contributed by atoms with E-state index in [4.69, 9.17) is 0 Å². The van der Waals surface area contributed by atoms with Crippen LogP contribution >= 0.6 is 0 Å². The molecule has 3 nitrogen and oxygen atoms in total. The van der Waals surface area contributed by atoms with Crippen LogP contribution in [0.4, 0.5) is 5.69 Å². The van der Waals surface area contributed by atoms with Crippen LogP contribution in [-0.4, -0.2) is 45.7 Å². The van der Waals surface area contributed by atoms with E-state index in [9.17, 15) is 0 Å². The van der Waals surface area contributed by atoms with Gasteiger partial charge in [0.1, 0.15) is 0 Å². The maximum absolute atomic E-state index is 3.51. The molecule has 1 atom stereocenters. The van der Waals surface area contributed by atoms with Gasteiger partial charge in [-0.2, -0.15) is 0 Å².